The Morgan fingerprint density at radius 1 is 0.929 bits per heavy atom. The molecule has 10 heteroatoms. The van der Waals surface area contributed by atoms with Crippen molar-refractivity contribution in [2.24, 2.45) is 0 Å². The Hall–Kier alpha value is -3.82. The minimum Gasteiger partial charge on any atom is -0.493 e. The summed E-state index contributed by atoms with van der Waals surface area (Å²) >= 11 is 0. The number of methoxy groups -OCH3 is 4. The lowest BCUT2D eigenvalue weighted by atomic mass is 10.1. The van der Waals surface area contributed by atoms with Gasteiger partial charge in [-0.1, -0.05) is 5.21 Å². The van der Waals surface area contributed by atoms with E-state index in [4.69, 9.17) is 18.9 Å². The number of hydrogen-bond donors (Lipinski definition) is 0. The third-order valence-electron chi connectivity index (χ3n) is 4.12. The summed E-state index contributed by atoms with van der Waals surface area (Å²) in [7, 11) is 6.02. The maximum Gasteiger partial charge on any atom is 0.269 e. The smallest absolute Gasteiger partial charge is 0.269 e. The van der Waals surface area contributed by atoms with Gasteiger partial charge in [0.2, 0.25) is 11.5 Å². The fourth-order valence-electron chi connectivity index (χ4n) is 2.85. The predicted molar refractivity (Wildman–Crippen MR) is 99.7 cm³/mol. The summed E-state index contributed by atoms with van der Waals surface area (Å²) in [6, 6.07) is 7.68. The first-order valence-corrected chi connectivity index (χ1v) is 8.08. The van der Waals surface area contributed by atoms with Crippen LogP contribution in [-0.2, 0) is 0 Å². The summed E-state index contributed by atoms with van der Waals surface area (Å²) in [5.74, 6) is 1.59. The number of benzene rings is 2. The number of nitrogens with zero attached hydrogens (tertiary/aromatic N) is 4. The number of rotatable bonds is 7. The van der Waals surface area contributed by atoms with Crippen molar-refractivity contribution in [2.45, 2.75) is 0 Å². The van der Waals surface area contributed by atoms with Crippen LogP contribution < -0.4 is 18.9 Å². The van der Waals surface area contributed by atoms with E-state index in [2.05, 4.69) is 10.3 Å². The summed E-state index contributed by atoms with van der Waals surface area (Å²) in [6.45, 7) is 0. The van der Waals surface area contributed by atoms with Gasteiger partial charge in [0.05, 0.1) is 56.5 Å². The molecule has 0 saturated carbocycles. The minimum atomic E-state index is -0.464. The largest absolute Gasteiger partial charge is 0.493 e. The number of aromatic nitrogens is 3. The van der Waals surface area contributed by atoms with Crippen molar-refractivity contribution in [1.29, 1.82) is 0 Å². The lowest BCUT2D eigenvalue weighted by Gasteiger charge is -2.18. The molecule has 3 aromatic rings. The molecule has 0 amide bonds. The lowest BCUT2D eigenvalue weighted by molar-refractivity contribution is -0.384. The summed E-state index contributed by atoms with van der Waals surface area (Å²) in [5, 5.41) is 19.0. The first-order chi connectivity index (χ1) is 13.5. The van der Waals surface area contributed by atoms with E-state index in [1.54, 1.807) is 24.4 Å². The summed E-state index contributed by atoms with van der Waals surface area (Å²) < 4.78 is 23.4. The zero-order valence-corrected chi connectivity index (χ0v) is 15.7. The summed E-state index contributed by atoms with van der Waals surface area (Å²) in [4.78, 5) is 10.4. The van der Waals surface area contributed by atoms with E-state index in [0.717, 1.165) is 0 Å². The van der Waals surface area contributed by atoms with E-state index in [-0.39, 0.29) is 5.69 Å². The topological polar surface area (TPSA) is 111 Å². The highest BCUT2D eigenvalue weighted by Gasteiger charge is 2.25. The fraction of sp³-hybridized carbons (Fsp3) is 0.222. The van der Waals surface area contributed by atoms with Crippen LogP contribution in [0.4, 0.5) is 5.69 Å². The lowest BCUT2D eigenvalue weighted by Crippen LogP contribution is -2.03. The van der Waals surface area contributed by atoms with Crippen molar-refractivity contribution in [2.75, 3.05) is 28.4 Å². The van der Waals surface area contributed by atoms with E-state index in [1.807, 2.05) is 0 Å². The van der Waals surface area contributed by atoms with E-state index in [1.165, 1.54) is 45.3 Å². The number of nitro groups is 1. The molecule has 0 fully saturated rings. The predicted octanol–water partition coefficient (Wildman–Crippen LogP) is 2.88. The molecule has 1 heterocycles. The Bertz CT molecular complexity index is 1000. The molecule has 0 aliphatic rings. The second-order valence-corrected chi connectivity index (χ2v) is 5.53. The molecular formula is C18H18N4O6. The van der Waals surface area contributed by atoms with E-state index >= 15 is 0 Å². The van der Waals surface area contributed by atoms with E-state index < -0.39 is 4.92 Å². The number of ether oxygens (including phenoxy) is 4. The van der Waals surface area contributed by atoms with Gasteiger partial charge in [-0.15, -0.1) is 5.10 Å². The summed E-state index contributed by atoms with van der Waals surface area (Å²) in [6.07, 6.45) is 1.55. The second kappa shape index (κ2) is 7.82. The maximum absolute atomic E-state index is 10.9. The Morgan fingerprint density at radius 3 is 2.11 bits per heavy atom. The van der Waals surface area contributed by atoms with Crippen LogP contribution in [0.5, 0.6) is 23.0 Å². The van der Waals surface area contributed by atoms with Gasteiger partial charge in [0.1, 0.15) is 0 Å². The zero-order chi connectivity index (χ0) is 20.3. The molecule has 146 valence electrons. The SMILES string of the molecule is COc1cc(-c2cnnn2-c2ccc([N+](=O)[O-])cc2)c(OC)c(OC)c1OC. The van der Waals surface area contributed by atoms with Crippen LogP contribution in [0.15, 0.2) is 36.5 Å². The molecule has 3 rings (SSSR count). The highest BCUT2D eigenvalue weighted by molar-refractivity contribution is 5.78. The van der Waals surface area contributed by atoms with Crippen molar-refractivity contribution in [3.63, 3.8) is 0 Å². The van der Waals surface area contributed by atoms with Crippen molar-refractivity contribution in [1.82, 2.24) is 15.0 Å². The van der Waals surface area contributed by atoms with Crippen LogP contribution in [-0.4, -0.2) is 48.4 Å². The fourth-order valence-corrected chi connectivity index (χ4v) is 2.85. The van der Waals surface area contributed by atoms with Crippen molar-refractivity contribution < 1.29 is 23.9 Å². The zero-order valence-electron chi connectivity index (χ0n) is 15.7. The van der Waals surface area contributed by atoms with Gasteiger partial charge in [0.15, 0.2) is 11.5 Å². The van der Waals surface area contributed by atoms with Crippen molar-refractivity contribution in [3.8, 4) is 39.9 Å². The van der Waals surface area contributed by atoms with Gasteiger partial charge >= 0.3 is 0 Å². The molecule has 2 aromatic carbocycles. The average molecular weight is 386 g/mol. The third-order valence-corrected chi connectivity index (χ3v) is 4.12. The average Bonchev–Trinajstić information content (AvgIpc) is 3.21. The second-order valence-electron chi connectivity index (χ2n) is 5.53. The Balaban J connectivity index is 2.20. The van der Waals surface area contributed by atoms with E-state index in [9.17, 15) is 10.1 Å². The summed E-state index contributed by atoms with van der Waals surface area (Å²) in [5.41, 5.74) is 1.75. The normalized spacial score (nSPS) is 10.4. The van der Waals surface area contributed by atoms with Crippen LogP contribution in [0.3, 0.4) is 0 Å². The van der Waals surface area contributed by atoms with Gasteiger partial charge in [-0.05, 0) is 18.2 Å². The molecule has 0 unspecified atom stereocenters. The maximum atomic E-state index is 10.9. The number of hydrogen-bond acceptors (Lipinski definition) is 8. The minimum absolute atomic E-state index is 0.0178. The molecule has 0 aliphatic carbocycles. The molecule has 0 atom stereocenters. The van der Waals surface area contributed by atoms with Gasteiger partial charge in [-0.3, -0.25) is 10.1 Å². The first kappa shape index (κ1) is 19.0. The van der Waals surface area contributed by atoms with Crippen LogP contribution in [0, 0.1) is 10.1 Å². The van der Waals surface area contributed by atoms with Gasteiger partial charge in [0.25, 0.3) is 5.69 Å². The molecule has 0 aliphatic heterocycles. The quantitative estimate of drug-likeness (QED) is 0.450. The molecule has 0 radical (unpaired) electrons. The monoisotopic (exact) mass is 386 g/mol. The molecular weight excluding hydrogens is 368 g/mol. The van der Waals surface area contributed by atoms with Gasteiger partial charge in [0, 0.05) is 12.1 Å². The molecule has 28 heavy (non-hydrogen) atoms. The highest BCUT2D eigenvalue weighted by Crippen LogP contribution is 2.50. The molecule has 0 N–H and O–H groups in total. The van der Waals surface area contributed by atoms with Gasteiger partial charge in [-0.2, -0.15) is 0 Å². The van der Waals surface area contributed by atoms with Gasteiger partial charge in [-0.25, -0.2) is 4.68 Å². The number of nitro benzene ring substituents is 1. The standard InChI is InChI=1S/C18H18N4O6/c1-25-15-9-13(16(26-2)18(28-4)17(15)27-3)14-10-19-20-21(14)11-5-7-12(8-6-11)22(23)24/h5-10H,1-4H3. The Morgan fingerprint density at radius 2 is 1.57 bits per heavy atom. The van der Waals surface area contributed by atoms with E-state index in [0.29, 0.717) is 39.9 Å². The Kier molecular flexibility index (Phi) is 5.30. The molecule has 10 nitrogen and oxygen atoms in total. The van der Waals surface area contributed by atoms with Crippen molar-refractivity contribution in [3.05, 3.63) is 46.6 Å². The van der Waals surface area contributed by atoms with Crippen LogP contribution in [0.2, 0.25) is 0 Å². The molecule has 0 bridgehead atoms. The highest BCUT2D eigenvalue weighted by atomic mass is 16.6. The van der Waals surface area contributed by atoms with Crippen LogP contribution in [0.25, 0.3) is 16.9 Å². The van der Waals surface area contributed by atoms with Crippen molar-refractivity contribution >= 4 is 5.69 Å². The molecule has 0 saturated heterocycles. The number of non-ortho nitro benzene ring substituents is 1. The molecule has 1 aromatic heterocycles. The third kappa shape index (κ3) is 3.15. The van der Waals surface area contributed by atoms with Gasteiger partial charge < -0.3 is 18.9 Å². The molecule has 0 spiro atoms. The Labute approximate surface area is 160 Å². The first-order valence-electron chi connectivity index (χ1n) is 8.08. The van der Waals surface area contributed by atoms with Crippen LogP contribution in [0.1, 0.15) is 0 Å². The van der Waals surface area contributed by atoms with Crippen LogP contribution >= 0.6 is 0 Å².